The van der Waals surface area contributed by atoms with Crippen LogP contribution in [0, 0.1) is 11.8 Å². The molecule has 1 heterocycles. The fourth-order valence-corrected chi connectivity index (χ4v) is 3.13. The quantitative estimate of drug-likeness (QED) is 0.876. The number of fused-ring (bicyclic) bond motifs is 1. The molecule has 2 heteroatoms. The Labute approximate surface area is 108 Å². The molecule has 1 aliphatic carbocycles. The topological polar surface area (TPSA) is 33.1 Å². The zero-order chi connectivity index (χ0) is 12.5. The smallest absolute Gasteiger partial charge is 0.0704 e. The molecule has 3 rings (SSSR count). The van der Waals surface area contributed by atoms with Crippen molar-refractivity contribution in [2.45, 2.75) is 32.3 Å². The van der Waals surface area contributed by atoms with Crippen LogP contribution in [0.15, 0.2) is 36.5 Å². The van der Waals surface area contributed by atoms with Crippen LogP contribution in [0.2, 0.25) is 0 Å². The Morgan fingerprint density at radius 3 is 2.83 bits per heavy atom. The molecule has 2 aromatic rings. The lowest BCUT2D eigenvalue weighted by Gasteiger charge is -2.18. The summed E-state index contributed by atoms with van der Waals surface area (Å²) in [4.78, 5) is 4.40. The first-order valence-corrected chi connectivity index (χ1v) is 6.76. The molecule has 1 N–H and O–H groups in total. The molecule has 1 aromatic heterocycles. The molecular formula is C16H19NO. The van der Waals surface area contributed by atoms with Gasteiger partial charge in [-0.3, -0.25) is 4.98 Å². The Balaban J connectivity index is 1.91. The summed E-state index contributed by atoms with van der Waals surface area (Å²) >= 11 is 0. The lowest BCUT2D eigenvalue weighted by molar-refractivity contribution is 0.127. The first-order chi connectivity index (χ1) is 8.75. The van der Waals surface area contributed by atoms with Gasteiger partial charge >= 0.3 is 0 Å². The van der Waals surface area contributed by atoms with Gasteiger partial charge in [0.05, 0.1) is 11.6 Å². The van der Waals surface area contributed by atoms with Crippen LogP contribution >= 0.6 is 0 Å². The van der Waals surface area contributed by atoms with Crippen molar-refractivity contribution in [2.24, 2.45) is 11.8 Å². The van der Waals surface area contributed by atoms with Gasteiger partial charge in [0.1, 0.15) is 0 Å². The van der Waals surface area contributed by atoms with Crippen LogP contribution in [-0.4, -0.2) is 16.2 Å². The highest BCUT2D eigenvalue weighted by molar-refractivity contribution is 5.81. The SMILES string of the molecule is CC1C(O)CCC1Cc1ccnc2ccccc12. The molecule has 0 radical (unpaired) electrons. The van der Waals surface area contributed by atoms with E-state index in [4.69, 9.17) is 0 Å². The molecule has 0 bridgehead atoms. The van der Waals surface area contributed by atoms with Gasteiger partial charge in [0, 0.05) is 11.6 Å². The van der Waals surface area contributed by atoms with Crippen molar-refractivity contribution in [2.75, 3.05) is 0 Å². The summed E-state index contributed by atoms with van der Waals surface area (Å²) in [6, 6.07) is 10.4. The molecule has 0 aliphatic heterocycles. The number of hydrogen-bond donors (Lipinski definition) is 1. The number of aliphatic hydroxyl groups excluding tert-OH is 1. The van der Waals surface area contributed by atoms with Gasteiger partial charge in [-0.2, -0.15) is 0 Å². The number of aromatic nitrogens is 1. The van der Waals surface area contributed by atoms with Crippen LogP contribution in [-0.2, 0) is 6.42 Å². The minimum absolute atomic E-state index is 0.108. The molecule has 2 nitrogen and oxygen atoms in total. The number of hydrogen-bond acceptors (Lipinski definition) is 2. The maximum Gasteiger partial charge on any atom is 0.0704 e. The number of pyridine rings is 1. The Hall–Kier alpha value is -1.41. The number of rotatable bonds is 2. The third-order valence-electron chi connectivity index (χ3n) is 4.41. The average Bonchev–Trinajstić information content (AvgIpc) is 2.71. The van der Waals surface area contributed by atoms with E-state index in [-0.39, 0.29) is 6.10 Å². The first kappa shape index (κ1) is 11.7. The largest absolute Gasteiger partial charge is 0.393 e. The molecule has 1 aromatic carbocycles. The number of nitrogens with zero attached hydrogens (tertiary/aromatic N) is 1. The molecule has 0 spiro atoms. The van der Waals surface area contributed by atoms with Crippen molar-refractivity contribution in [3.05, 3.63) is 42.1 Å². The van der Waals surface area contributed by atoms with E-state index in [1.54, 1.807) is 0 Å². The van der Waals surface area contributed by atoms with Crippen LogP contribution < -0.4 is 0 Å². The maximum atomic E-state index is 9.85. The van der Waals surface area contributed by atoms with Crippen LogP contribution in [0.1, 0.15) is 25.3 Å². The van der Waals surface area contributed by atoms with Gasteiger partial charge in [-0.05, 0) is 48.8 Å². The van der Waals surface area contributed by atoms with E-state index < -0.39 is 0 Å². The van der Waals surface area contributed by atoms with Crippen molar-refractivity contribution in [3.8, 4) is 0 Å². The number of aliphatic hydroxyl groups is 1. The van der Waals surface area contributed by atoms with E-state index in [1.807, 2.05) is 12.3 Å². The number of para-hydroxylation sites is 1. The Kier molecular flexibility index (Phi) is 3.04. The summed E-state index contributed by atoms with van der Waals surface area (Å²) in [5, 5.41) is 11.1. The highest BCUT2D eigenvalue weighted by Gasteiger charge is 2.31. The molecule has 1 aliphatic rings. The Morgan fingerprint density at radius 2 is 2.06 bits per heavy atom. The molecule has 0 amide bonds. The van der Waals surface area contributed by atoms with Gasteiger partial charge in [0.15, 0.2) is 0 Å². The van der Waals surface area contributed by atoms with E-state index in [9.17, 15) is 5.11 Å². The van der Waals surface area contributed by atoms with Gasteiger partial charge < -0.3 is 5.11 Å². The summed E-state index contributed by atoms with van der Waals surface area (Å²) in [5.41, 5.74) is 2.44. The van der Waals surface area contributed by atoms with Gasteiger partial charge in [-0.15, -0.1) is 0 Å². The van der Waals surface area contributed by atoms with E-state index in [0.717, 1.165) is 24.8 Å². The minimum Gasteiger partial charge on any atom is -0.393 e. The van der Waals surface area contributed by atoms with Crippen molar-refractivity contribution in [1.29, 1.82) is 0 Å². The van der Waals surface area contributed by atoms with E-state index >= 15 is 0 Å². The van der Waals surface area contributed by atoms with Crippen LogP contribution in [0.3, 0.4) is 0 Å². The standard InChI is InChI=1S/C16H19NO/c1-11-12(6-7-16(11)18)10-13-8-9-17-15-5-3-2-4-14(13)15/h2-5,8-9,11-12,16,18H,6-7,10H2,1H3. The molecule has 3 unspecified atom stereocenters. The second-order valence-corrected chi connectivity index (χ2v) is 5.46. The predicted octanol–water partition coefficient (Wildman–Crippen LogP) is 3.18. The molecule has 1 fully saturated rings. The summed E-state index contributed by atoms with van der Waals surface area (Å²) in [6.07, 6.45) is 4.94. The Bertz CT molecular complexity index is 546. The summed E-state index contributed by atoms with van der Waals surface area (Å²) in [6.45, 7) is 2.17. The van der Waals surface area contributed by atoms with Gasteiger partial charge in [-0.1, -0.05) is 25.1 Å². The fraction of sp³-hybridized carbons (Fsp3) is 0.438. The summed E-state index contributed by atoms with van der Waals surface area (Å²) < 4.78 is 0. The predicted molar refractivity (Wildman–Crippen MR) is 73.3 cm³/mol. The van der Waals surface area contributed by atoms with Crippen LogP contribution in [0.5, 0.6) is 0 Å². The van der Waals surface area contributed by atoms with Crippen LogP contribution in [0.25, 0.3) is 10.9 Å². The van der Waals surface area contributed by atoms with E-state index in [1.165, 1.54) is 10.9 Å². The molecule has 0 saturated heterocycles. The Morgan fingerprint density at radius 1 is 1.22 bits per heavy atom. The van der Waals surface area contributed by atoms with E-state index in [2.05, 4.69) is 36.2 Å². The molecule has 3 atom stereocenters. The second kappa shape index (κ2) is 4.69. The summed E-state index contributed by atoms with van der Waals surface area (Å²) in [5.74, 6) is 1.02. The highest BCUT2D eigenvalue weighted by atomic mass is 16.3. The zero-order valence-corrected chi connectivity index (χ0v) is 10.7. The van der Waals surface area contributed by atoms with Gasteiger partial charge in [0.25, 0.3) is 0 Å². The first-order valence-electron chi connectivity index (χ1n) is 6.76. The molecule has 18 heavy (non-hydrogen) atoms. The lowest BCUT2D eigenvalue weighted by Crippen LogP contribution is -2.17. The molecule has 1 saturated carbocycles. The van der Waals surface area contributed by atoms with Crippen molar-refractivity contribution in [3.63, 3.8) is 0 Å². The van der Waals surface area contributed by atoms with Gasteiger partial charge in [-0.25, -0.2) is 0 Å². The van der Waals surface area contributed by atoms with Crippen molar-refractivity contribution < 1.29 is 5.11 Å². The zero-order valence-electron chi connectivity index (χ0n) is 10.7. The maximum absolute atomic E-state index is 9.85. The normalized spacial score (nSPS) is 27.8. The molecule has 94 valence electrons. The van der Waals surface area contributed by atoms with Crippen molar-refractivity contribution in [1.82, 2.24) is 4.98 Å². The second-order valence-electron chi connectivity index (χ2n) is 5.46. The molecular weight excluding hydrogens is 222 g/mol. The fourth-order valence-electron chi connectivity index (χ4n) is 3.13. The summed E-state index contributed by atoms with van der Waals surface area (Å²) in [7, 11) is 0. The van der Waals surface area contributed by atoms with Gasteiger partial charge in [0.2, 0.25) is 0 Å². The van der Waals surface area contributed by atoms with E-state index in [0.29, 0.717) is 11.8 Å². The van der Waals surface area contributed by atoms with Crippen molar-refractivity contribution >= 4 is 10.9 Å². The third-order valence-corrected chi connectivity index (χ3v) is 4.41. The number of benzene rings is 1. The highest BCUT2D eigenvalue weighted by Crippen LogP contribution is 2.35. The minimum atomic E-state index is -0.108. The van der Waals surface area contributed by atoms with Crippen LogP contribution in [0.4, 0.5) is 0 Å². The monoisotopic (exact) mass is 241 g/mol. The average molecular weight is 241 g/mol. The third kappa shape index (κ3) is 2.01. The lowest BCUT2D eigenvalue weighted by atomic mass is 9.89.